The van der Waals surface area contributed by atoms with E-state index >= 15 is 0 Å². The van der Waals surface area contributed by atoms with Gasteiger partial charge in [-0.2, -0.15) is 0 Å². The molecule has 0 fully saturated rings. The molecule has 0 atom stereocenters. The first-order chi connectivity index (χ1) is 9.73. The van der Waals surface area contributed by atoms with Gasteiger partial charge in [0.2, 0.25) is 11.1 Å². The van der Waals surface area contributed by atoms with Crippen molar-refractivity contribution < 1.29 is 14.2 Å². The Morgan fingerprint density at radius 2 is 1.65 bits per heavy atom. The van der Waals surface area contributed by atoms with E-state index in [1.54, 1.807) is 26.4 Å². The van der Waals surface area contributed by atoms with Crippen LogP contribution in [0.2, 0.25) is 0 Å². The van der Waals surface area contributed by atoms with Crippen molar-refractivity contribution in [1.82, 2.24) is 0 Å². The molecule has 0 spiro atoms. The highest BCUT2D eigenvalue weighted by atomic mass is 16.5. The number of hydrogen-bond donors (Lipinski definition) is 0. The molecule has 20 heavy (non-hydrogen) atoms. The molecule has 0 aliphatic rings. The maximum Gasteiger partial charge on any atom is 0.430 e. The lowest BCUT2D eigenvalue weighted by atomic mass is 10.0. The van der Waals surface area contributed by atoms with Gasteiger partial charge in [0.25, 0.3) is 0 Å². The SMILES string of the molecule is COc1cccc(-c2cc(OC)c([N+]#N)cc2OC)c1. The third kappa shape index (κ3) is 2.50. The monoisotopic (exact) mass is 271 g/mol. The van der Waals surface area contributed by atoms with Crippen molar-refractivity contribution in [1.29, 1.82) is 5.39 Å². The number of benzene rings is 2. The van der Waals surface area contributed by atoms with E-state index in [0.717, 1.165) is 16.9 Å². The molecule has 5 nitrogen and oxygen atoms in total. The molecule has 0 aliphatic carbocycles. The fourth-order valence-electron chi connectivity index (χ4n) is 1.98. The Bertz CT molecular complexity index is 663. The lowest BCUT2D eigenvalue weighted by Gasteiger charge is -2.10. The number of diazo groups is 1. The smallest absolute Gasteiger partial charge is 0.430 e. The molecule has 0 radical (unpaired) electrons. The molecule has 0 aromatic heterocycles. The summed E-state index contributed by atoms with van der Waals surface area (Å²) in [6, 6.07) is 11.0. The summed E-state index contributed by atoms with van der Waals surface area (Å²) in [4.78, 5) is 3.19. The minimum atomic E-state index is 0.316. The van der Waals surface area contributed by atoms with Gasteiger partial charge in [0.05, 0.1) is 27.4 Å². The molecular weight excluding hydrogens is 256 g/mol. The molecular formula is C15H15N2O3+. The standard InChI is InChI=1S/C15H15N2O3/c1-18-11-6-4-5-10(7-11)12-8-15(20-3)13(17-16)9-14(12)19-2/h4-9H,1-3H3/q+1. The van der Waals surface area contributed by atoms with Crippen LogP contribution in [-0.4, -0.2) is 21.3 Å². The Morgan fingerprint density at radius 1 is 0.900 bits per heavy atom. The Hall–Kier alpha value is -2.74. The summed E-state index contributed by atoms with van der Waals surface area (Å²) in [5.41, 5.74) is 2.07. The Balaban J connectivity index is 2.63. The van der Waals surface area contributed by atoms with Crippen LogP contribution in [0.25, 0.3) is 16.1 Å². The third-order valence-corrected chi connectivity index (χ3v) is 2.99. The Labute approximate surface area is 117 Å². The Morgan fingerprint density at radius 3 is 2.25 bits per heavy atom. The average molecular weight is 271 g/mol. The van der Waals surface area contributed by atoms with Crippen LogP contribution in [0, 0.1) is 5.39 Å². The highest BCUT2D eigenvalue weighted by molar-refractivity contribution is 5.78. The highest BCUT2D eigenvalue weighted by Crippen LogP contribution is 2.40. The van der Waals surface area contributed by atoms with Crippen molar-refractivity contribution >= 4 is 5.69 Å². The normalized spacial score (nSPS) is 9.70. The van der Waals surface area contributed by atoms with Crippen molar-refractivity contribution in [3.63, 3.8) is 0 Å². The van der Waals surface area contributed by atoms with Crippen LogP contribution in [0.1, 0.15) is 0 Å². The van der Waals surface area contributed by atoms with Gasteiger partial charge in [0.1, 0.15) is 11.5 Å². The van der Waals surface area contributed by atoms with Gasteiger partial charge in [-0.25, -0.2) is 0 Å². The summed E-state index contributed by atoms with van der Waals surface area (Å²) in [6.07, 6.45) is 0. The second-order valence-electron chi connectivity index (χ2n) is 4.06. The molecule has 0 aliphatic heterocycles. The minimum absolute atomic E-state index is 0.316. The third-order valence-electron chi connectivity index (χ3n) is 2.99. The number of rotatable bonds is 4. The van der Waals surface area contributed by atoms with Crippen LogP contribution in [0.5, 0.6) is 17.2 Å². The number of nitrogens with zero attached hydrogens (tertiary/aromatic N) is 2. The largest absolute Gasteiger partial charge is 0.497 e. The molecule has 0 saturated carbocycles. The summed E-state index contributed by atoms with van der Waals surface area (Å²) in [5, 5.41) is 8.98. The van der Waals surface area contributed by atoms with E-state index < -0.39 is 0 Å². The minimum Gasteiger partial charge on any atom is -0.497 e. The summed E-state index contributed by atoms with van der Waals surface area (Å²) < 4.78 is 15.8. The van der Waals surface area contributed by atoms with Crippen molar-refractivity contribution in [3.05, 3.63) is 41.4 Å². The van der Waals surface area contributed by atoms with Crippen LogP contribution < -0.4 is 14.2 Å². The van der Waals surface area contributed by atoms with E-state index in [4.69, 9.17) is 19.6 Å². The lowest BCUT2D eigenvalue weighted by molar-refractivity contribution is 0.406. The van der Waals surface area contributed by atoms with Crippen molar-refractivity contribution in [2.75, 3.05) is 21.3 Å². The predicted octanol–water partition coefficient (Wildman–Crippen LogP) is 3.86. The molecule has 2 aromatic rings. The first-order valence-corrected chi connectivity index (χ1v) is 5.99. The number of methoxy groups -OCH3 is 3. The fraction of sp³-hybridized carbons (Fsp3) is 0.200. The zero-order chi connectivity index (χ0) is 14.5. The molecule has 0 bridgehead atoms. The summed E-state index contributed by atoms with van der Waals surface area (Å²) in [6.45, 7) is 0. The second kappa shape index (κ2) is 5.93. The van der Waals surface area contributed by atoms with Crippen LogP contribution >= 0.6 is 0 Å². The van der Waals surface area contributed by atoms with E-state index in [1.807, 2.05) is 24.3 Å². The summed E-state index contributed by atoms with van der Waals surface area (Å²) in [5.74, 6) is 1.80. The summed E-state index contributed by atoms with van der Waals surface area (Å²) >= 11 is 0. The molecule has 5 heteroatoms. The molecule has 2 rings (SSSR count). The molecule has 0 amide bonds. The number of hydrogen-bond acceptors (Lipinski definition) is 4. The first kappa shape index (κ1) is 13.7. The second-order valence-corrected chi connectivity index (χ2v) is 4.06. The maximum absolute atomic E-state index is 8.98. The Kier molecular flexibility index (Phi) is 4.06. The molecule has 0 saturated heterocycles. The van der Waals surface area contributed by atoms with Crippen LogP contribution in [0.15, 0.2) is 36.4 Å². The quantitative estimate of drug-likeness (QED) is 0.792. The fourth-order valence-corrected chi connectivity index (χ4v) is 1.98. The predicted molar refractivity (Wildman–Crippen MR) is 76.3 cm³/mol. The van der Waals surface area contributed by atoms with Crippen molar-refractivity contribution in [3.8, 4) is 28.4 Å². The van der Waals surface area contributed by atoms with E-state index in [9.17, 15) is 0 Å². The highest BCUT2D eigenvalue weighted by Gasteiger charge is 2.20. The number of ether oxygens (including phenoxy) is 3. The topological polar surface area (TPSA) is 55.8 Å². The van der Waals surface area contributed by atoms with Crippen molar-refractivity contribution in [2.24, 2.45) is 0 Å². The molecule has 0 unspecified atom stereocenters. The van der Waals surface area contributed by atoms with Gasteiger partial charge in [-0.05, 0) is 17.7 Å². The van der Waals surface area contributed by atoms with E-state index in [0.29, 0.717) is 17.2 Å². The zero-order valence-electron chi connectivity index (χ0n) is 11.6. The molecule has 0 heterocycles. The maximum atomic E-state index is 8.98. The van der Waals surface area contributed by atoms with E-state index in [-0.39, 0.29) is 0 Å². The molecule has 0 N–H and O–H groups in total. The first-order valence-electron chi connectivity index (χ1n) is 5.99. The average Bonchev–Trinajstić information content (AvgIpc) is 2.53. The molecule has 102 valence electrons. The van der Waals surface area contributed by atoms with Gasteiger partial charge in [0, 0.05) is 11.6 Å². The van der Waals surface area contributed by atoms with Gasteiger partial charge in [-0.1, -0.05) is 12.1 Å². The van der Waals surface area contributed by atoms with Crippen molar-refractivity contribution in [2.45, 2.75) is 0 Å². The van der Waals surface area contributed by atoms with E-state index in [1.165, 1.54) is 7.11 Å². The van der Waals surface area contributed by atoms with Gasteiger partial charge >= 0.3 is 5.69 Å². The van der Waals surface area contributed by atoms with Gasteiger partial charge in [-0.3, -0.25) is 0 Å². The van der Waals surface area contributed by atoms with Crippen LogP contribution in [-0.2, 0) is 0 Å². The zero-order valence-corrected chi connectivity index (χ0v) is 11.6. The van der Waals surface area contributed by atoms with Gasteiger partial charge < -0.3 is 14.2 Å². The van der Waals surface area contributed by atoms with Gasteiger partial charge in [-0.15, -0.1) is 0 Å². The van der Waals surface area contributed by atoms with Crippen LogP contribution in [0.4, 0.5) is 5.69 Å². The van der Waals surface area contributed by atoms with Crippen LogP contribution in [0.3, 0.4) is 0 Å². The lowest BCUT2D eigenvalue weighted by Crippen LogP contribution is -1.91. The van der Waals surface area contributed by atoms with E-state index in [2.05, 4.69) is 4.98 Å². The van der Waals surface area contributed by atoms with Gasteiger partial charge in [0.15, 0.2) is 4.98 Å². The molecule has 2 aromatic carbocycles. The summed E-state index contributed by atoms with van der Waals surface area (Å²) in [7, 11) is 4.70.